The first-order valence-corrected chi connectivity index (χ1v) is 10.5. The highest BCUT2D eigenvalue weighted by atomic mass is 127. The van der Waals surface area contributed by atoms with E-state index in [0.29, 0.717) is 23.4 Å². The fourth-order valence-electron chi connectivity index (χ4n) is 1.90. The summed E-state index contributed by atoms with van der Waals surface area (Å²) in [6.45, 7) is -0.506. The number of esters is 1. The molecule has 0 saturated heterocycles. The molecule has 1 amide bonds. The lowest BCUT2D eigenvalue weighted by Crippen LogP contribution is -2.22. The van der Waals surface area contributed by atoms with Gasteiger partial charge in [0.15, 0.2) is 6.61 Å². The Morgan fingerprint density at radius 1 is 1.23 bits per heavy atom. The van der Waals surface area contributed by atoms with Gasteiger partial charge in [0.05, 0.1) is 26.1 Å². The van der Waals surface area contributed by atoms with Crippen molar-refractivity contribution >= 4 is 103 Å². The summed E-state index contributed by atoms with van der Waals surface area (Å²) in [6, 6.07) is 8.19. The molecule has 0 heterocycles. The van der Waals surface area contributed by atoms with Gasteiger partial charge in [0, 0.05) is 12.2 Å². The van der Waals surface area contributed by atoms with Gasteiger partial charge in [-0.1, -0.05) is 11.6 Å². The molecule has 134 valence electrons. The smallest absolute Gasteiger partial charge is 0.340 e. The fourth-order valence-corrected chi connectivity index (χ4v) is 5.88. The second-order valence-corrected chi connectivity index (χ2v) is 8.71. The Hall–Kier alpha value is -0.850. The highest BCUT2D eigenvalue weighted by Crippen LogP contribution is 2.30. The summed E-state index contributed by atoms with van der Waals surface area (Å²) < 4.78 is 7.17. The Morgan fingerprint density at radius 2 is 1.92 bits per heavy atom. The molecular formula is C16H9ClI3N3O3. The van der Waals surface area contributed by atoms with Gasteiger partial charge in [-0.05, 0) is 92.0 Å². The van der Waals surface area contributed by atoms with Crippen molar-refractivity contribution in [2.24, 2.45) is 0 Å². The third kappa shape index (κ3) is 5.11. The molecule has 0 aliphatic heterocycles. The quantitative estimate of drug-likeness (QED) is 0.279. The Bertz CT molecular complexity index is 945. The SMILES string of the molecule is N#Cc1ccc(Cl)cc1NC(=O)COC(=O)c1c(I)cc(I)c(N)c1I. The molecule has 0 aliphatic rings. The predicted octanol–water partition coefficient (Wildman–Crippen LogP) is 4.40. The average Bonchev–Trinajstić information content (AvgIpc) is 2.58. The lowest BCUT2D eigenvalue weighted by atomic mass is 10.2. The van der Waals surface area contributed by atoms with Crippen LogP contribution in [-0.4, -0.2) is 18.5 Å². The molecule has 3 N–H and O–H groups in total. The number of nitrogen functional groups attached to an aromatic ring is 1. The molecule has 2 aromatic carbocycles. The van der Waals surface area contributed by atoms with Crippen molar-refractivity contribution in [2.45, 2.75) is 0 Å². The van der Waals surface area contributed by atoms with Gasteiger partial charge in [-0.2, -0.15) is 5.26 Å². The van der Waals surface area contributed by atoms with Crippen LogP contribution in [0.25, 0.3) is 0 Å². The van der Waals surface area contributed by atoms with Crippen molar-refractivity contribution in [2.75, 3.05) is 17.7 Å². The van der Waals surface area contributed by atoms with Crippen LogP contribution < -0.4 is 11.1 Å². The van der Waals surface area contributed by atoms with Gasteiger partial charge in [-0.15, -0.1) is 0 Å². The highest BCUT2D eigenvalue weighted by Gasteiger charge is 2.21. The Labute approximate surface area is 195 Å². The molecular weight excluding hydrogens is 698 g/mol. The van der Waals surface area contributed by atoms with E-state index < -0.39 is 18.5 Å². The number of rotatable bonds is 4. The van der Waals surface area contributed by atoms with E-state index in [0.717, 1.165) is 3.57 Å². The fraction of sp³-hybridized carbons (Fsp3) is 0.0625. The lowest BCUT2D eigenvalue weighted by Gasteiger charge is -2.12. The number of nitriles is 1. The zero-order valence-corrected chi connectivity index (χ0v) is 20.0. The average molecular weight is 707 g/mol. The van der Waals surface area contributed by atoms with Crippen LogP contribution in [0.1, 0.15) is 15.9 Å². The van der Waals surface area contributed by atoms with E-state index in [-0.39, 0.29) is 11.3 Å². The maximum atomic E-state index is 12.3. The van der Waals surface area contributed by atoms with Crippen molar-refractivity contribution in [3.05, 3.63) is 51.1 Å². The number of nitrogens with one attached hydrogen (secondary N) is 1. The number of amides is 1. The van der Waals surface area contributed by atoms with Crippen LogP contribution in [0, 0.1) is 22.0 Å². The summed E-state index contributed by atoms with van der Waals surface area (Å²) in [6.07, 6.45) is 0. The van der Waals surface area contributed by atoms with Crippen molar-refractivity contribution in [3.8, 4) is 6.07 Å². The van der Waals surface area contributed by atoms with Crippen LogP contribution in [-0.2, 0) is 9.53 Å². The van der Waals surface area contributed by atoms with E-state index in [4.69, 9.17) is 27.3 Å². The van der Waals surface area contributed by atoms with Gasteiger partial charge in [-0.25, -0.2) is 4.79 Å². The van der Waals surface area contributed by atoms with Crippen LogP contribution in [0.5, 0.6) is 0 Å². The summed E-state index contributed by atoms with van der Waals surface area (Å²) in [5.74, 6) is -1.23. The van der Waals surface area contributed by atoms with Gasteiger partial charge in [0.25, 0.3) is 5.91 Å². The van der Waals surface area contributed by atoms with Gasteiger partial charge < -0.3 is 15.8 Å². The highest BCUT2D eigenvalue weighted by molar-refractivity contribution is 14.1. The zero-order chi connectivity index (χ0) is 19.4. The minimum Gasteiger partial charge on any atom is -0.452 e. The molecule has 0 spiro atoms. The second kappa shape index (κ2) is 9.38. The number of carbonyl (C=O) groups is 2. The monoisotopic (exact) mass is 707 g/mol. The summed E-state index contributed by atoms with van der Waals surface area (Å²) in [4.78, 5) is 24.4. The second-order valence-electron chi connectivity index (χ2n) is 4.87. The number of benzene rings is 2. The van der Waals surface area contributed by atoms with Crippen LogP contribution >= 0.6 is 79.4 Å². The first-order valence-electron chi connectivity index (χ1n) is 6.84. The van der Waals surface area contributed by atoms with E-state index in [1.54, 1.807) is 12.1 Å². The minimum atomic E-state index is -0.649. The van der Waals surface area contributed by atoms with Crippen LogP contribution in [0.15, 0.2) is 24.3 Å². The molecule has 0 fully saturated rings. The molecule has 10 heteroatoms. The van der Waals surface area contributed by atoms with E-state index >= 15 is 0 Å². The molecule has 0 saturated carbocycles. The predicted molar refractivity (Wildman–Crippen MR) is 124 cm³/mol. The van der Waals surface area contributed by atoms with E-state index in [2.05, 4.69) is 27.9 Å². The topological polar surface area (TPSA) is 105 Å². The number of nitrogens with zero attached hydrogens (tertiary/aromatic N) is 1. The number of hydrogen-bond donors (Lipinski definition) is 2. The normalized spacial score (nSPS) is 10.1. The Morgan fingerprint density at radius 3 is 2.58 bits per heavy atom. The minimum absolute atomic E-state index is 0.253. The van der Waals surface area contributed by atoms with Gasteiger partial charge in [0.2, 0.25) is 0 Å². The van der Waals surface area contributed by atoms with E-state index in [9.17, 15) is 9.59 Å². The van der Waals surface area contributed by atoms with Gasteiger partial charge in [-0.3, -0.25) is 4.79 Å². The molecule has 2 aromatic rings. The molecule has 0 bridgehead atoms. The third-order valence-corrected chi connectivity index (χ3v) is 6.22. The summed E-state index contributed by atoms with van der Waals surface area (Å²) in [7, 11) is 0. The molecule has 0 radical (unpaired) electrons. The molecule has 2 rings (SSSR count). The maximum absolute atomic E-state index is 12.3. The number of halogens is 4. The van der Waals surface area contributed by atoms with Crippen LogP contribution in [0.4, 0.5) is 11.4 Å². The molecule has 0 atom stereocenters. The summed E-state index contributed by atoms with van der Waals surface area (Å²) >= 11 is 11.9. The molecule has 6 nitrogen and oxygen atoms in total. The number of ether oxygens (including phenoxy) is 1. The lowest BCUT2D eigenvalue weighted by molar-refractivity contribution is -0.119. The number of anilines is 2. The number of nitrogens with two attached hydrogens (primary N) is 1. The van der Waals surface area contributed by atoms with Gasteiger partial charge in [0.1, 0.15) is 6.07 Å². The van der Waals surface area contributed by atoms with Crippen molar-refractivity contribution in [3.63, 3.8) is 0 Å². The zero-order valence-electron chi connectivity index (χ0n) is 12.8. The maximum Gasteiger partial charge on any atom is 0.340 e. The van der Waals surface area contributed by atoms with Crippen molar-refractivity contribution < 1.29 is 14.3 Å². The van der Waals surface area contributed by atoms with Crippen molar-refractivity contribution in [1.29, 1.82) is 5.26 Å². The largest absolute Gasteiger partial charge is 0.452 e. The van der Waals surface area contributed by atoms with Gasteiger partial charge >= 0.3 is 5.97 Å². The molecule has 0 aromatic heterocycles. The van der Waals surface area contributed by atoms with Crippen molar-refractivity contribution in [1.82, 2.24) is 0 Å². The molecule has 0 unspecified atom stereocenters. The first-order chi connectivity index (χ1) is 12.2. The Kier molecular flexibility index (Phi) is 7.74. The van der Waals surface area contributed by atoms with Crippen LogP contribution in [0.2, 0.25) is 5.02 Å². The standard InChI is InChI=1S/C16H9ClI3N3O3/c17-8-2-1-7(5-21)11(3-8)23-12(24)6-26-16(25)13-9(18)4-10(19)15(22)14(13)20/h1-4H,6,22H2,(H,23,24). The number of hydrogen-bond acceptors (Lipinski definition) is 5. The van der Waals surface area contributed by atoms with E-state index in [1.807, 2.05) is 51.3 Å². The first kappa shape index (κ1) is 21.5. The Balaban J connectivity index is 2.09. The summed E-state index contributed by atoms with van der Waals surface area (Å²) in [5, 5.41) is 11.9. The van der Waals surface area contributed by atoms with E-state index in [1.165, 1.54) is 12.1 Å². The van der Waals surface area contributed by atoms with Crippen LogP contribution in [0.3, 0.4) is 0 Å². The third-order valence-electron chi connectivity index (χ3n) is 3.12. The number of carbonyl (C=O) groups excluding carboxylic acids is 2. The summed E-state index contributed by atoms with van der Waals surface area (Å²) in [5.41, 5.74) is 7.26. The molecule has 26 heavy (non-hydrogen) atoms. The molecule has 0 aliphatic carbocycles.